The third kappa shape index (κ3) is 4.67. The maximum Gasteiger partial charge on any atom is 0.337 e. The van der Waals surface area contributed by atoms with Crippen LogP contribution in [-0.4, -0.2) is 32.8 Å². The second-order valence-electron chi connectivity index (χ2n) is 9.21. The number of hydrogen-bond acceptors (Lipinski definition) is 5. The lowest BCUT2D eigenvalue weighted by Gasteiger charge is -2.34. The summed E-state index contributed by atoms with van der Waals surface area (Å²) >= 11 is 0. The maximum atomic E-state index is 12.1. The Labute approximate surface area is 212 Å². The lowest BCUT2D eigenvalue weighted by molar-refractivity contribution is 0.0600. The second-order valence-corrected chi connectivity index (χ2v) is 9.21. The van der Waals surface area contributed by atoms with Crippen LogP contribution in [0.1, 0.15) is 52.4 Å². The van der Waals surface area contributed by atoms with Crippen LogP contribution in [0.3, 0.4) is 0 Å². The van der Waals surface area contributed by atoms with Crippen LogP contribution in [0.25, 0.3) is 10.8 Å². The molecule has 0 spiro atoms. The summed E-state index contributed by atoms with van der Waals surface area (Å²) in [5.41, 5.74) is 3.91. The Bertz CT molecular complexity index is 1380. The molecule has 5 heteroatoms. The number of fused-ring (bicyclic) bond motifs is 2. The van der Waals surface area contributed by atoms with Crippen LogP contribution in [0, 0.1) is 0 Å². The van der Waals surface area contributed by atoms with Gasteiger partial charge in [-0.05, 0) is 47.9 Å². The van der Waals surface area contributed by atoms with Crippen molar-refractivity contribution in [2.75, 3.05) is 20.8 Å². The Kier molecular flexibility index (Phi) is 6.92. The molecule has 36 heavy (non-hydrogen) atoms. The molecule has 3 unspecified atom stereocenters. The highest BCUT2D eigenvalue weighted by molar-refractivity contribution is 5.90. The van der Waals surface area contributed by atoms with Crippen molar-refractivity contribution < 1.29 is 19.0 Å². The number of esters is 1. The van der Waals surface area contributed by atoms with Crippen LogP contribution in [0.2, 0.25) is 0 Å². The number of rotatable bonds is 7. The molecule has 4 aromatic carbocycles. The quantitative estimate of drug-likeness (QED) is 0.315. The lowest BCUT2D eigenvalue weighted by atomic mass is 9.83. The molecule has 1 aliphatic rings. The highest BCUT2D eigenvalue weighted by atomic mass is 16.5. The fourth-order valence-corrected chi connectivity index (χ4v) is 5.20. The van der Waals surface area contributed by atoms with Crippen molar-refractivity contribution >= 4 is 16.7 Å². The molecule has 0 bridgehead atoms. The van der Waals surface area contributed by atoms with E-state index in [0.717, 1.165) is 23.3 Å². The first kappa shape index (κ1) is 23.9. The van der Waals surface area contributed by atoms with Crippen molar-refractivity contribution in [3.63, 3.8) is 0 Å². The van der Waals surface area contributed by atoms with E-state index >= 15 is 0 Å². The third-order valence-electron chi connectivity index (χ3n) is 7.06. The van der Waals surface area contributed by atoms with E-state index in [2.05, 4.69) is 60.8 Å². The van der Waals surface area contributed by atoms with E-state index in [1.54, 1.807) is 19.2 Å². The molecule has 1 aliphatic heterocycles. The first-order chi connectivity index (χ1) is 17.6. The Morgan fingerprint density at radius 1 is 0.972 bits per heavy atom. The van der Waals surface area contributed by atoms with Crippen LogP contribution in [0.5, 0.6) is 11.5 Å². The van der Waals surface area contributed by atoms with Crippen LogP contribution in [-0.2, 0) is 4.74 Å². The molecule has 0 saturated carbocycles. The first-order valence-electron chi connectivity index (χ1n) is 12.3. The van der Waals surface area contributed by atoms with E-state index in [1.807, 2.05) is 24.3 Å². The molecule has 3 atom stereocenters. The predicted octanol–water partition coefficient (Wildman–Crippen LogP) is 6.27. The zero-order chi connectivity index (χ0) is 25.1. The molecule has 1 heterocycles. The number of nitrogens with one attached hydrogen (secondary N) is 1. The van der Waals surface area contributed by atoms with Gasteiger partial charge in [0.05, 0.1) is 19.8 Å². The van der Waals surface area contributed by atoms with Gasteiger partial charge in [-0.2, -0.15) is 0 Å². The van der Waals surface area contributed by atoms with Crippen molar-refractivity contribution in [1.82, 2.24) is 5.32 Å². The van der Waals surface area contributed by atoms with E-state index in [9.17, 15) is 4.79 Å². The fraction of sp³-hybridized carbons (Fsp3) is 0.258. The lowest BCUT2D eigenvalue weighted by Crippen LogP contribution is -2.37. The van der Waals surface area contributed by atoms with Crippen molar-refractivity contribution in [1.29, 1.82) is 0 Å². The van der Waals surface area contributed by atoms with Gasteiger partial charge in [-0.15, -0.1) is 0 Å². The molecule has 0 amide bonds. The minimum absolute atomic E-state index is 0.0210. The summed E-state index contributed by atoms with van der Waals surface area (Å²) < 4.78 is 17.0. The van der Waals surface area contributed by atoms with Gasteiger partial charge in [0.15, 0.2) is 0 Å². The van der Waals surface area contributed by atoms with Crippen molar-refractivity contribution in [3.8, 4) is 11.5 Å². The Morgan fingerprint density at radius 3 is 2.58 bits per heavy atom. The molecular weight excluding hydrogens is 450 g/mol. The standard InChI is InChI=1S/C31H31NO4/c1-20(24-13-8-10-21-9-4-5-11-25(21)24)32-19-23-18-28(26-12-6-7-14-29(26)36-23)27-16-15-22(31(33)35-3)17-30(27)34-2/h4-17,20,23,28,32H,18-19H2,1-3H3. The van der Waals surface area contributed by atoms with Crippen molar-refractivity contribution in [2.24, 2.45) is 0 Å². The summed E-state index contributed by atoms with van der Waals surface area (Å²) in [6.07, 6.45) is 0.771. The Balaban J connectivity index is 1.39. The minimum atomic E-state index is -0.378. The van der Waals surface area contributed by atoms with Gasteiger partial charge in [0.25, 0.3) is 0 Å². The van der Waals surface area contributed by atoms with Gasteiger partial charge in [0, 0.05) is 29.6 Å². The minimum Gasteiger partial charge on any atom is -0.496 e. The van der Waals surface area contributed by atoms with E-state index in [0.29, 0.717) is 17.9 Å². The van der Waals surface area contributed by atoms with Gasteiger partial charge >= 0.3 is 5.97 Å². The molecule has 1 N–H and O–H groups in total. The summed E-state index contributed by atoms with van der Waals surface area (Å²) in [6.45, 7) is 2.91. The molecule has 184 valence electrons. The van der Waals surface area contributed by atoms with Crippen LogP contribution in [0.4, 0.5) is 0 Å². The van der Waals surface area contributed by atoms with Crippen molar-refractivity contribution in [2.45, 2.75) is 31.4 Å². The molecule has 0 fully saturated rings. The van der Waals surface area contributed by atoms with E-state index < -0.39 is 0 Å². The third-order valence-corrected chi connectivity index (χ3v) is 7.06. The zero-order valence-corrected chi connectivity index (χ0v) is 20.9. The van der Waals surface area contributed by atoms with Gasteiger partial charge in [0.2, 0.25) is 0 Å². The summed E-state index contributed by atoms with van der Waals surface area (Å²) in [4.78, 5) is 12.1. The molecular formula is C31H31NO4. The molecule has 5 nitrogen and oxygen atoms in total. The number of hydrogen-bond donors (Lipinski definition) is 1. The Hall–Kier alpha value is -3.83. The molecule has 5 rings (SSSR count). The van der Waals surface area contributed by atoms with Crippen LogP contribution >= 0.6 is 0 Å². The van der Waals surface area contributed by atoms with Gasteiger partial charge < -0.3 is 19.5 Å². The number of para-hydroxylation sites is 1. The maximum absolute atomic E-state index is 12.1. The summed E-state index contributed by atoms with van der Waals surface area (Å²) in [5, 5.41) is 6.22. The van der Waals surface area contributed by atoms with Crippen molar-refractivity contribution in [3.05, 3.63) is 107 Å². The average molecular weight is 482 g/mol. The second kappa shape index (κ2) is 10.4. The van der Waals surface area contributed by atoms with Crippen LogP contribution < -0.4 is 14.8 Å². The summed E-state index contributed by atoms with van der Waals surface area (Å²) in [6, 6.07) is 28.8. The van der Waals surface area contributed by atoms with E-state index in [4.69, 9.17) is 14.2 Å². The molecule has 0 saturated heterocycles. The highest BCUT2D eigenvalue weighted by Crippen LogP contribution is 2.43. The smallest absolute Gasteiger partial charge is 0.337 e. The van der Waals surface area contributed by atoms with Gasteiger partial charge in [-0.3, -0.25) is 0 Å². The molecule has 0 radical (unpaired) electrons. The Morgan fingerprint density at radius 2 is 1.75 bits per heavy atom. The number of benzene rings is 4. The zero-order valence-electron chi connectivity index (χ0n) is 20.9. The van der Waals surface area contributed by atoms with Crippen LogP contribution in [0.15, 0.2) is 84.9 Å². The van der Waals surface area contributed by atoms with Gasteiger partial charge in [-0.25, -0.2) is 4.79 Å². The van der Waals surface area contributed by atoms with Gasteiger partial charge in [-0.1, -0.05) is 66.7 Å². The largest absolute Gasteiger partial charge is 0.496 e. The summed E-state index contributed by atoms with van der Waals surface area (Å²) in [5.74, 6) is 1.26. The SMILES string of the molecule is COC(=O)c1ccc(C2CC(CNC(C)c3cccc4ccccc34)Oc3ccccc32)c(OC)c1. The first-order valence-corrected chi connectivity index (χ1v) is 12.3. The predicted molar refractivity (Wildman–Crippen MR) is 142 cm³/mol. The number of methoxy groups -OCH3 is 2. The molecule has 4 aromatic rings. The van der Waals surface area contributed by atoms with E-state index in [1.165, 1.54) is 23.4 Å². The highest BCUT2D eigenvalue weighted by Gasteiger charge is 2.31. The monoisotopic (exact) mass is 481 g/mol. The fourth-order valence-electron chi connectivity index (χ4n) is 5.20. The molecule has 0 aromatic heterocycles. The topological polar surface area (TPSA) is 56.8 Å². The summed E-state index contributed by atoms with van der Waals surface area (Å²) in [7, 11) is 3.02. The van der Waals surface area contributed by atoms with Gasteiger partial charge in [0.1, 0.15) is 17.6 Å². The molecule has 0 aliphatic carbocycles. The normalized spacial score (nSPS) is 17.6. The number of carbonyl (C=O) groups excluding carboxylic acids is 1. The van der Waals surface area contributed by atoms with E-state index in [-0.39, 0.29) is 24.0 Å². The number of carbonyl (C=O) groups is 1. The number of ether oxygens (including phenoxy) is 3. The average Bonchev–Trinajstić information content (AvgIpc) is 2.94.